The molecule has 1 N–H and O–H groups in total. The van der Waals surface area contributed by atoms with Crippen molar-refractivity contribution in [2.75, 3.05) is 20.3 Å². The number of nitrogens with one attached hydrogen (secondary N) is 1. The maximum atomic E-state index is 13.5. The zero-order valence-electron chi connectivity index (χ0n) is 13.3. The topological polar surface area (TPSA) is 64.6 Å². The predicted molar refractivity (Wildman–Crippen MR) is 87.8 cm³/mol. The first kappa shape index (κ1) is 18.7. The molecule has 0 spiro atoms. The first-order valence-corrected chi connectivity index (χ1v) is 8.58. The van der Waals surface area contributed by atoms with Crippen LogP contribution in [0.4, 0.5) is 8.78 Å². The van der Waals surface area contributed by atoms with E-state index in [-0.39, 0.29) is 13.2 Å². The van der Waals surface area contributed by atoms with E-state index in [0.29, 0.717) is 17.6 Å². The van der Waals surface area contributed by atoms with E-state index in [2.05, 4.69) is 16.6 Å². The number of rotatable bonds is 6. The normalized spacial score (nSPS) is 10.7. The Bertz CT molecular complexity index is 904. The van der Waals surface area contributed by atoms with E-state index in [1.54, 1.807) is 24.3 Å². The van der Waals surface area contributed by atoms with Crippen LogP contribution in [0, 0.1) is 23.5 Å². The van der Waals surface area contributed by atoms with Crippen molar-refractivity contribution in [2.24, 2.45) is 0 Å². The highest BCUT2D eigenvalue weighted by atomic mass is 32.2. The van der Waals surface area contributed by atoms with Gasteiger partial charge in [-0.2, -0.15) is 4.72 Å². The average molecular weight is 367 g/mol. The maximum Gasteiger partial charge on any atom is 0.244 e. The number of sulfonamides is 1. The van der Waals surface area contributed by atoms with Crippen LogP contribution in [-0.2, 0) is 10.0 Å². The molecule has 0 radical (unpaired) electrons. The van der Waals surface area contributed by atoms with Gasteiger partial charge in [-0.15, -0.1) is 0 Å². The van der Waals surface area contributed by atoms with Gasteiger partial charge in [0.25, 0.3) is 0 Å². The molecule has 8 heteroatoms. The van der Waals surface area contributed by atoms with Gasteiger partial charge in [0.15, 0.2) is 11.5 Å². The van der Waals surface area contributed by atoms with Gasteiger partial charge in [-0.05, 0) is 24.3 Å². The molecule has 0 aliphatic heterocycles. The first-order chi connectivity index (χ1) is 11.9. The fraction of sp³-hybridized carbons (Fsp3) is 0.176. The summed E-state index contributed by atoms with van der Waals surface area (Å²) >= 11 is 0. The Morgan fingerprint density at radius 3 is 2.48 bits per heavy atom. The smallest absolute Gasteiger partial charge is 0.244 e. The summed E-state index contributed by atoms with van der Waals surface area (Å²) in [5.74, 6) is 4.21. The lowest BCUT2D eigenvalue weighted by atomic mass is 10.3. The van der Waals surface area contributed by atoms with Crippen LogP contribution in [-0.4, -0.2) is 28.7 Å². The summed E-state index contributed by atoms with van der Waals surface area (Å²) in [7, 11) is -2.60. The molecule has 0 heterocycles. The molecule has 25 heavy (non-hydrogen) atoms. The van der Waals surface area contributed by atoms with Crippen LogP contribution in [0.1, 0.15) is 0 Å². The lowest BCUT2D eigenvalue weighted by Crippen LogP contribution is -2.25. The summed E-state index contributed by atoms with van der Waals surface area (Å²) in [5, 5.41) is 0. The van der Waals surface area contributed by atoms with Crippen molar-refractivity contribution in [1.82, 2.24) is 4.72 Å². The van der Waals surface area contributed by atoms with Gasteiger partial charge in [0.2, 0.25) is 10.0 Å². The molecule has 0 saturated heterocycles. The van der Waals surface area contributed by atoms with Crippen molar-refractivity contribution in [3.63, 3.8) is 0 Å². The number of halogens is 2. The van der Waals surface area contributed by atoms with Crippen molar-refractivity contribution in [3.05, 3.63) is 54.1 Å². The Morgan fingerprint density at radius 2 is 1.80 bits per heavy atom. The largest absolute Gasteiger partial charge is 0.493 e. The molecule has 2 rings (SSSR count). The summed E-state index contributed by atoms with van der Waals surface area (Å²) < 4.78 is 62.8. The SMILES string of the molecule is COc1ccccc1OCC#CCNS(=O)(=O)c1ccc(F)cc1F. The van der Waals surface area contributed by atoms with E-state index < -0.39 is 26.6 Å². The van der Waals surface area contributed by atoms with Crippen molar-refractivity contribution in [2.45, 2.75) is 4.90 Å². The van der Waals surface area contributed by atoms with Crippen LogP contribution in [0.25, 0.3) is 0 Å². The van der Waals surface area contributed by atoms with Crippen molar-refractivity contribution in [1.29, 1.82) is 0 Å². The van der Waals surface area contributed by atoms with Crippen molar-refractivity contribution < 1.29 is 26.7 Å². The number of ether oxygens (including phenoxy) is 2. The fourth-order valence-corrected chi connectivity index (χ4v) is 2.85. The highest BCUT2D eigenvalue weighted by Gasteiger charge is 2.18. The Labute approximate surface area is 144 Å². The molecule has 132 valence electrons. The van der Waals surface area contributed by atoms with Crippen molar-refractivity contribution >= 4 is 10.0 Å². The highest BCUT2D eigenvalue weighted by Crippen LogP contribution is 2.25. The molecule has 0 unspecified atom stereocenters. The minimum Gasteiger partial charge on any atom is -0.493 e. The van der Waals surface area contributed by atoms with E-state index in [9.17, 15) is 17.2 Å². The second-order valence-corrected chi connectivity index (χ2v) is 6.43. The Hall–Kier alpha value is -2.63. The second-order valence-electron chi connectivity index (χ2n) is 4.69. The predicted octanol–water partition coefficient (Wildman–Crippen LogP) is 2.33. The quantitative estimate of drug-likeness (QED) is 0.796. The minimum atomic E-state index is -4.11. The van der Waals surface area contributed by atoms with Gasteiger partial charge >= 0.3 is 0 Å². The van der Waals surface area contributed by atoms with E-state index in [1.807, 2.05) is 0 Å². The molecule has 2 aromatic rings. The molecule has 0 bridgehead atoms. The lowest BCUT2D eigenvalue weighted by Gasteiger charge is -2.07. The summed E-state index contributed by atoms with van der Waals surface area (Å²) in [5.41, 5.74) is 0. The zero-order chi connectivity index (χ0) is 18.3. The van der Waals surface area contributed by atoms with Crippen LogP contribution >= 0.6 is 0 Å². The van der Waals surface area contributed by atoms with Gasteiger partial charge in [0.1, 0.15) is 23.1 Å². The molecule has 0 amide bonds. The van der Waals surface area contributed by atoms with Gasteiger partial charge in [-0.3, -0.25) is 0 Å². The van der Waals surface area contributed by atoms with Gasteiger partial charge < -0.3 is 9.47 Å². The number of benzene rings is 2. The van der Waals surface area contributed by atoms with Gasteiger partial charge in [-0.1, -0.05) is 24.0 Å². The third-order valence-electron chi connectivity index (χ3n) is 3.03. The van der Waals surface area contributed by atoms with E-state index >= 15 is 0 Å². The van der Waals surface area contributed by atoms with E-state index in [1.165, 1.54) is 7.11 Å². The van der Waals surface area contributed by atoms with E-state index in [0.717, 1.165) is 12.1 Å². The molecule has 0 fully saturated rings. The summed E-state index contributed by atoms with van der Waals surface area (Å²) in [6, 6.07) is 9.23. The molecule has 0 saturated carbocycles. The van der Waals surface area contributed by atoms with Crippen LogP contribution in [0.3, 0.4) is 0 Å². The molecule has 5 nitrogen and oxygen atoms in total. The second kappa shape index (κ2) is 8.46. The number of methoxy groups -OCH3 is 1. The zero-order valence-corrected chi connectivity index (χ0v) is 14.1. The van der Waals surface area contributed by atoms with Crippen LogP contribution < -0.4 is 14.2 Å². The van der Waals surface area contributed by atoms with Gasteiger partial charge in [0.05, 0.1) is 13.7 Å². The molecule has 0 aromatic heterocycles. The molecular weight excluding hydrogens is 352 g/mol. The van der Waals surface area contributed by atoms with Crippen LogP contribution in [0.5, 0.6) is 11.5 Å². The average Bonchev–Trinajstić information content (AvgIpc) is 2.58. The standard InChI is InChI=1S/C17H15F2NO4S/c1-23-15-6-2-3-7-16(15)24-11-5-4-10-20-25(21,22)17-9-8-13(18)12-14(17)19/h2-3,6-9,12,20H,10-11H2,1H3. The van der Waals surface area contributed by atoms with Gasteiger partial charge in [0, 0.05) is 6.07 Å². The number of hydrogen-bond acceptors (Lipinski definition) is 4. The molecule has 0 aliphatic rings. The molecule has 0 atom stereocenters. The molecular formula is C17H15F2NO4S. The third kappa shape index (κ3) is 5.17. The number of para-hydroxylation sites is 2. The van der Waals surface area contributed by atoms with Crippen LogP contribution in [0.15, 0.2) is 47.4 Å². The minimum absolute atomic E-state index is 0.0208. The molecule has 0 aliphatic carbocycles. The summed E-state index contributed by atoms with van der Waals surface area (Å²) in [6.45, 7) is -0.221. The van der Waals surface area contributed by atoms with Crippen molar-refractivity contribution in [3.8, 4) is 23.3 Å². The van der Waals surface area contributed by atoms with E-state index in [4.69, 9.17) is 9.47 Å². The Kier molecular flexibility index (Phi) is 6.33. The number of hydrogen-bond donors (Lipinski definition) is 1. The maximum absolute atomic E-state index is 13.5. The summed E-state index contributed by atoms with van der Waals surface area (Å²) in [6.07, 6.45) is 0. The first-order valence-electron chi connectivity index (χ1n) is 7.10. The Balaban J connectivity index is 1.89. The Morgan fingerprint density at radius 1 is 1.08 bits per heavy atom. The highest BCUT2D eigenvalue weighted by molar-refractivity contribution is 7.89. The lowest BCUT2D eigenvalue weighted by molar-refractivity contribution is 0.331. The fourth-order valence-electron chi connectivity index (χ4n) is 1.87. The van der Waals surface area contributed by atoms with Crippen LogP contribution in [0.2, 0.25) is 0 Å². The summed E-state index contributed by atoms with van der Waals surface area (Å²) in [4.78, 5) is -0.638. The van der Waals surface area contributed by atoms with Gasteiger partial charge in [-0.25, -0.2) is 17.2 Å². The third-order valence-corrected chi connectivity index (χ3v) is 4.46. The molecule has 2 aromatic carbocycles. The monoisotopic (exact) mass is 367 g/mol.